The zero-order chi connectivity index (χ0) is 23.0. The van der Waals surface area contributed by atoms with Crippen molar-refractivity contribution < 1.29 is 9.47 Å². The van der Waals surface area contributed by atoms with Gasteiger partial charge < -0.3 is 24.6 Å². The van der Waals surface area contributed by atoms with E-state index in [0.29, 0.717) is 0 Å². The highest BCUT2D eigenvalue weighted by atomic mass is 127. The van der Waals surface area contributed by atoms with Crippen molar-refractivity contribution >= 4 is 35.6 Å². The van der Waals surface area contributed by atoms with E-state index in [1.54, 1.807) is 14.2 Å². The van der Waals surface area contributed by atoms with Crippen LogP contribution in [0, 0.1) is 0 Å². The number of guanidine groups is 1. The molecule has 0 amide bonds. The number of nitrogens with zero attached hydrogens (tertiary/aromatic N) is 4. The average molecular weight is 578 g/mol. The zero-order valence-electron chi connectivity index (χ0n) is 20.4. The maximum atomic E-state index is 5.55. The second-order valence-corrected chi connectivity index (χ2v) is 8.38. The number of hydrogen-bond donors (Lipinski definition) is 1. The second kappa shape index (κ2) is 12.9. The van der Waals surface area contributed by atoms with Crippen molar-refractivity contribution in [3.63, 3.8) is 0 Å². The molecule has 2 aromatic rings. The third kappa shape index (κ3) is 6.56. The zero-order valence-corrected chi connectivity index (χ0v) is 22.7. The van der Waals surface area contributed by atoms with Crippen LogP contribution in [0.4, 0.5) is 5.69 Å². The highest BCUT2D eigenvalue weighted by Gasteiger charge is 2.21. The third-order valence-electron chi connectivity index (χ3n) is 6.34. The number of rotatable bonds is 7. The lowest BCUT2D eigenvalue weighted by Crippen LogP contribution is -2.52. The molecule has 0 unspecified atom stereocenters. The summed E-state index contributed by atoms with van der Waals surface area (Å²) in [5.74, 6) is 2.73. The number of halogens is 1. The number of aliphatic imine (C=N–C) groups is 1. The topological polar surface area (TPSA) is 52.6 Å². The van der Waals surface area contributed by atoms with E-state index in [4.69, 9.17) is 9.47 Å². The van der Waals surface area contributed by atoms with Gasteiger partial charge in [-0.05, 0) is 35.9 Å². The lowest BCUT2D eigenvalue weighted by Gasteiger charge is -2.36. The van der Waals surface area contributed by atoms with Gasteiger partial charge in [-0.3, -0.25) is 9.89 Å². The van der Waals surface area contributed by atoms with E-state index in [9.17, 15) is 0 Å². The van der Waals surface area contributed by atoms with Gasteiger partial charge in [-0.2, -0.15) is 0 Å². The van der Waals surface area contributed by atoms with Crippen LogP contribution in [0.1, 0.15) is 11.1 Å². The Labute approximate surface area is 220 Å². The molecular formula is C26H36IN5O2. The first-order valence-electron chi connectivity index (χ1n) is 11.6. The normalized spacial score (nSPS) is 16.4. The quantitative estimate of drug-likeness (QED) is 0.235. The summed E-state index contributed by atoms with van der Waals surface area (Å²) < 4.78 is 10.9. The van der Waals surface area contributed by atoms with Crippen molar-refractivity contribution in [2.75, 3.05) is 65.4 Å². The lowest BCUT2D eigenvalue weighted by molar-refractivity contribution is 0.171. The Hall–Kier alpha value is -2.46. The summed E-state index contributed by atoms with van der Waals surface area (Å²) in [5, 5.41) is 3.54. The van der Waals surface area contributed by atoms with Gasteiger partial charge in [0.05, 0.1) is 14.2 Å². The molecule has 34 heavy (non-hydrogen) atoms. The Balaban J connectivity index is 0.00000324. The molecule has 8 heteroatoms. The van der Waals surface area contributed by atoms with Crippen LogP contribution in [0.15, 0.2) is 59.6 Å². The molecule has 0 atom stereocenters. The maximum absolute atomic E-state index is 5.55. The van der Waals surface area contributed by atoms with Crippen molar-refractivity contribution in [1.82, 2.24) is 15.1 Å². The monoisotopic (exact) mass is 577 g/mol. The van der Waals surface area contributed by atoms with Crippen molar-refractivity contribution in [3.8, 4) is 11.5 Å². The van der Waals surface area contributed by atoms with Gasteiger partial charge in [0.2, 0.25) is 0 Å². The number of anilines is 1. The number of ether oxygens (including phenoxy) is 2. The van der Waals surface area contributed by atoms with Gasteiger partial charge in [-0.1, -0.05) is 24.3 Å². The summed E-state index contributed by atoms with van der Waals surface area (Å²) in [4.78, 5) is 11.7. The first kappa shape index (κ1) is 26.2. The standard InChI is InChI=1S/C26H35N5O2.HI/c1-27-26(28-19-21-6-8-23(9-7-21)30-12-4-5-13-30)31-16-14-29(15-17-31)20-22-18-24(32-2)10-11-25(22)33-3;/h4-11,18H,12-17,19-20H2,1-3H3,(H,27,28);1H. The van der Waals surface area contributed by atoms with Crippen LogP contribution in [0.5, 0.6) is 11.5 Å². The number of piperazine rings is 1. The summed E-state index contributed by atoms with van der Waals surface area (Å²) in [6, 6.07) is 14.8. The van der Waals surface area contributed by atoms with E-state index in [2.05, 4.69) is 67.5 Å². The Morgan fingerprint density at radius 3 is 2.26 bits per heavy atom. The fourth-order valence-corrected chi connectivity index (χ4v) is 4.39. The van der Waals surface area contributed by atoms with Gasteiger partial charge in [0, 0.05) is 70.7 Å². The van der Waals surface area contributed by atoms with Crippen LogP contribution in [-0.4, -0.2) is 76.3 Å². The second-order valence-electron chi connectivity index (χ2n) is 8.38. The van der Waals surface area contributed by atoms with Crippen LogP contribution < -0.4 is 19.7 Å². The van der Waals surface area contributed by atoms with Gasteiger partial charge in [0.25, 0.3) is 0 Å². The molecule has 0 aromatic heterocycles. The summed E-state index contributed by atoms with van der Waals surface area (Å²) in [6.07, 6.45) is 4.43. The minimum absolute atomic E-state index is 0. The van der Waals surface area contributed by atoms with E-state index in [1.165, 1.54) is 11.3 Å². The number of benzene rings is 2. The molecule has 2 aliphatic heterocycles. The van der Waals surface area contributed by atoms with Crippen molar-refractivity contribution in [2.24, 2.45) is 4.99 Å². The third-order valence-corrected chi connectivity index (χ3v) is 6.34. The van der Waals surface area contributed by atoms with Crippen LogP contribution >= 0.6 is 24.0 Å². The lowest BCUT2D eigenvalue weighted by atomic mass is 10.1. The van der Waals surface area contributed by atoms with Gasteiger partial charge in [0.1, 0.15) is 11.5 Å². The molecule has 2 aliphatic rings. The summed E-state index contributed by atoms with van der Waals surface area (Å²) in [6.45, 7) is 7.44. The molecular weight excluding hydrogens is 541 g/mol. The minimum Gasteiger partial charge on any atom is -0.497 e. The van der Waals surface area contributed by atoms with Gasteiger partial charge in [0.15, 0.2) is 5.96 Å². The van der Waals surface area contributed by atoms with Gasteiger partial charge >= 0.3 is 0 Å². The molecule has 0 radical (unpaired) electrons. The smallest absolute Gasteiger partial charge is 0.194 e. The Morgan fingerprint density at radius 2 is 1.65 bits per heavy atom. The summed E-state index contributed by atoms with van der Waals surface area (Å²) in [7, 11) is 5.28. The average Bonchev–Trinajstić information content (AvgIpc) is 3.41. The van der Waals surface area contributed by atoms with E-state index >= 15 is 0 Å². The molecule has 1 N–H and O–H groups in total. The number of hydrogen-bond acceptors (Lipinski definition) is 5. The first-order chi connectivity index (χ1) is 16.2. The van der Waals surface area contributed by atoms with Crippen LogP contribution in [0.2, 0.25) is 0 Å². The molecule has 2 heterocycles. The molecule has 7 nitrogen and oxygen atoms in total. The fourth-order valence-electron chi connectivity index (χ4n) is 4.39. The molecule has 0 bridgehead atoms. The molecule has 0 aliphatic carbocycles. The maximum Gasteiger partial charge on any atom is 0.194 e. The SMILES string of the molecule is CN=C(NCc1ccc(N2CC=CC2)cc1)N1CCN(Cc2cc(OC)ccc2OC)CC1.I. The van der Waals surface area contributed by atoms with E-state index in [1.807, 2.05) is 19.2 Å². The van der Waals surface area contributed by atoms with Crippen LogP contribution in [0.3, 0.4) is 0 Å². The molecule has 1 fully saturated rings. The fraction of sp³-hybridized carbons (Fsp3) is 0.423. The van der Waals surface area contributed by atoms with Gasteiger partial charge in [-0.25, -0.2) is 0 Å². The Kier molecular flexibility index (Phi) is 9.88. The molecule has 184 valence electrons. The Bertz CT molecular complexity index is 964. The minimum atomic E-state index is 0. The van der Waals surface area contributed by atoms with Crippen LogP contribution in [-0.2, 0) is 13.1 Å². The predicted octanol–water partition coefficient (Wildman–Crippen LogP) is 3.59. The molecule has 4 rings (SSSR count). The summed E-state index contributed by atoms with van der Waals surface area (Å²) >= 11 is 0. The van der Waals surface area contributed by atoms with Crippen molar-refractivity contribution in [3.05, 3.63) is 65.7 Å². The predicted molar refractivity (Wildman–Crippen MR) is 150 cm³/mol. The first-order valence-corrected chi connectivity index (χ1v) is 11.6. The number of nitrogens with one attached hydrogen (secondary N) is 1. The van der Waals surface area contributed by atoms with Gasteiger partial charge in [-0.15, -0.1) is 24.0 Å². The number of methoxy groups -OCH3 is 2. The largest absolute Gasteiger partial charge is 0.497 e. The summed E-state index contributed by atoms with van der Waals surface area (Å²) in [5.41, 5.74) is 3.69. The molecule has 0 spiro atoms. The molecule has 2 aromatic carbocycles. The van der Waals surface area contributed by atoms with Crippen molar-refractivity contribution in [2.45, 2.75) is 13.1 Å². The highest BCUT2D eigenvalue weighted by Crippen LogP contribution is 2.25. The Morgan fingerprint density at radius 1 is 0.941 bits per heavy atom. The molecule has 0 saturated carbocycles. The van der Waals surface area contributed by atoms with E-state index < -0.39 is 0 Å². The van der Waals surface area contributed by atoms with Crippen LogP contribution in [0.25, 0.3) is 0 Å². The highest BCUT2D eigenvalue weighted by molar-refractivity contribution is 14.0. The van der Waals surface area contributed by atoms with Crippen molar-refractivity contribution in [1.29, 1.82) is 0 Å². The molecule has 1 saturated heterocycles. The van der Waals surface area contributed by atoms with E-state index in [-0.39, 0.29) is 24.0 Å². The van der Waals surface area contributed by atoms with E-state index in [0.717, 1.165) is 75.4 Å².